The maximum atomic E-state index is 9.38. The van der Waals surface area contributed by atoms with Crippen LogP contribution in [0.1, 0.15) is 16.8 Å². The summed E-state index contributed by atoms with van der Waals surface area (Å²) in [6.07, 6.45) is -3.41. The van der Waals surface area contributed by atoms with Crippen LogP contribution in [0.5, 0.6) is 5.75 Å². The number of aromatic hydroxyl groups is 1. The van der Waals surface area contributed by atoms with Crippen LogP contribution in [-0.2, 0) is 18.0 Å². The Balaban J connectivity index is 0.000000240. The fourth-order valence-corrected chi connectivity index (χ4v) is 2.11. The van der Waals surface area contributed by atoms with Crippen molar-refractivity contribution in [2.45, 2.75) is 50.8 Å². The Morgan fingerprint density at radius 2 is 1.75 bits per heavy atom. The van der Waals surface area contributed by atoms with Crippen LogP contribution >= 0.6 is 0 Å². The molecule has 1 unspecified atom stereocenters. The van der Waals surface area contributed by atoms with Gasteiger partial charge in [0, 0.05) is 17.3 Å². The Labute approximate surface area is 138 Å². The van der Waals surface area contributed by atoms with Crippen molar-refractivity contribution in [2.24, 2.45) is 5.73 Å². The van der Waals surface area contributed by atoms with Crippen molar-refractivity contribution in [3.63, 3.8) is 0 Å². The molecule has 10 heteroatoms. The lowest BCUT2D eigenvalue weighted by molar-refractivity contribution is -0.248. The molecular weight excluding hydrogens is 324 g/mol. The molecule has 0 amide bonds. The Morgan fingerprint density at radius 3 is 2.25 bits per heavy atom. The zero-order valence-corrected chi connectivity index (χ0v) is 13.1. The van der Waals surface area contributed by atoms with E-state index in [1.807, 2.05) is 0 Å². The largest absolute Gasteiger partial charge is 0.506 e. The average molecular weight is 348 g/mol. The number of nitrogens with zero attached hydrogens (tertiary/aromatic N) is 1. The average Bonchev–Trinajstić information content (AvgIpc) is 2.59. The minimum atomic E-state index is -1.35. The lowest BCUT2D eigenvalue weighted by Crippen LogP contribution is -2.61. The number of aliphatic hydroxyl groups excluding tert-OH is 6. The predicted octanol–water partition coefficient (Wildman–Crippen LogP) is -3.17. The zero-order valence-electron chi connectivity index (χ0n) is 13.1. The van der Waals surface area contributed by atoms with Gasteiger partial charge in [-0.15, -0.1) is 0 Å². The van der Waals surface area contributed by atoms with Crippen LogP contribution in [0.3, 0.4) is 0 Å². The first kappa shape index (κ1) is 20.7. The number of nitrogens with two attached hydrogens (primary N) is 1. The van der Waals surface area contributed by atoms with Gasteiger partial charge < -0.3 is 46.2 Å². The van der Waals surface area contributed by atoms with E-state index >= 15 is 0 Å². The lowest BCUT2D eigenvalue weighted by Gasteiger charge is -2.38. The summed E-state index contributed by atoms with van der Waals surface area (Å²) in [7, 11) is 0. The van der Waals surface area contributed by atoms with E-state index in [2.05, 4.69) is 4.98 Å². The summed E-state index contributed by atoms with van der Waals surface area (Å²) in [5.41, 5.74) is 6.53. The van der Waals surface area contributed by atoms with Gasteiger partial charge >= 0.3 is 0 Å². The molecule has 2 heterocycles. The van der Waals surface area contributed by atoms with Crippen LogP contribution in [0.15, 0.2) is 6.20 Å². The van der Waals surface area contributed by atoms with Gasteiger partial charge in [-0.1, -0.05) is 0 Å². The van der Waals surface area contributed by atoms with E-state index in [0.717, 1.165) is 0 Å². The van der Waals surface area contributed by atoms with Crippen LogP contribution in [0.2, 0.25) is 0 Å². The maximum absolute atomic E-state index is 9.38. The number of aryl methyl sites for hydroxylation is 1. The summed E-state index contributed by atoms with van der Waals surface area (Å²) < 4.78 is 4.70. The third-order valence-electron chi connectivity index (χ3n) is 3.71. The Kier molecular flexibility index (Phi) is 7.93. The molecule has 0 saturated carbocycles. The molecule has 10 nitrogen and oxygen atoms in total. The second kappa shape index (κ2) is 9.20. The van der Waals surface area contributed by atoms with Crippen LogP contribution in [0, 0.1) is 6.92 Å². The smallest absolute Gasteiger partial charge is 0.173 e. The second-order valence-corrected chi connectivity index (χ2v) is 5.32. The van der Waals surface area contributed by atoms with Crippen molar-refractivity contribution in [1.82, 2.24) is 4.98 Å². The van der Waals surface area contributed by atoms with E-state index in [1.54, 1.807) is 6.92 Å². The molecule has 138 valence electrons. The number of aliphatic hydroxyl groups is 6. The topological polar surface area (TPSA) is 190 Å². The standard InChI is InChI=1S/C8H11NO3.C6H13NO5/c1-5-8(12)7(4-11)6(3-10)2-9-5;7-3-5(10)4(9)2(1-8)12-6(3)11/h2,10-12H,3-4H2,1H3;2-6,8-11H,1,7H2/t;2-,3-,4-,5-,6?/m.1/s1. The first-order valence-corrected chi connectivity index (χ1v) is 7.22. The first-order chi connectivity index (χ1) is 11.3. The molecule has 1 aliphatic rings. The van der Waals surface area contributed by atoms with Gasteiger partial charge in [-0.3, -0.25) is 4.98 Å². The maximum Gasteiger partial charge on any atom is 0.173 e. The fourth-order valence-electron chi connectivity index (χ4n) is 2.11. The van der Waals surface area contributed by atoms with Crippen LogP contribution in [0.25, 0.3) is 0 Å². The number of hydrogen-bond donors (Lipinski definition) is 8. The molecule has 2 rings (SSSR count). The van der Waals surface area contributed by atoms with Crippen LogP contribution in [-0.4, -0.2) is 78.0 Å². The summed E-state index contributed by atoms with van der Waals surface area (Å²) in [6.45, 7) is 0.652. The highest BCUT2D eigenvalue weighted by Gasteiger charge is 2.41. The van der Waals surface area contributed by atoms with E-state index in [-0.39, 0.29) is 19.0 Å². The number of ether oxygens (including phenoxy) is 1. The van der Waals surface area contributed by atoms with Crippen molar-refractivity contribution < 1.29 is 40.5 Å². The summed E-state index contributed by atoms with van der Waals surface area (Å²) in [4.78, 5) is 3.84. The molecule has 0 aromatic carbocycles. The molecule has 1 saturated heterocycles. The van der Waals surface area contributed by atoms with Crippen molar-refractivity contribution in [2.75, 3.05) is 6.61 Å². The van der Waals surface area contributed by atoms with Gasteiger partial charge in [0.1, 0.15) is 24.1 Å². The Morgan fingerprint density at radius 1 is 1.12 bits per heavy atom. The molecule has 0 spiro atoms. The molecule has 9 N–H and O–H groups in total. The highest BCUT2D eigenvalue weighted by Crippen LogP contribution is 2.23. The number of pyridine rings is 1. The summed E-state index contributed by atoms with van der Waals surface area (Å²) in [5, 5.41) is 63.1. The first-order valence-electron chi connectivity index (χ1n) is 7.22. The molecule has 5 atom stereocenters. The summed E-state index contributed by atoms with van der Waals surface area (Å²) in [6, 6.07) is -1.04. The highest BCUT2D eigenvalue weighted by molar-refractivity contribution is 5.39. The number of aromatic nitrogens is 1. The van der Waals surface area contributed by atoms with E-state index in [0.29, 0.717) is 16.8 Å². The molecule has 0 bridgehead atoms. The molecule has 1 aromatic heterocycles. The van der Waals surface area contributed by atoms with Gasteiger partial charge in [0.25, 0.3) is 0 Å². The van der Waals surface area contributed by atoms with Gasteiger partial charge in [-0.05, 0) is 6.92 Å². The zero-order chi connectivity index (χ0) is 18.4. The molecule has 24 heavy (non-hydrogen) atoms. The monoisotopic (exact) mass is 348 g/mol. The molecule has 0 aliphatic carbocycles. The van der Waals surface area contributed by atoms with Crippen molar-refractivity contribution in [1.29, 1.82) is 0 Å². The van der Waals surface area contributed by atoms with Crippen LogP contribution in [0.4, 0.5) is 0 Å². The molecular formula is C14H24N2O8. The highest BCUT2D eigenvalue weighted by atomic mass is 16.6. The van der Waals surface area contributed by atoms with Gasteiger partial charge in [0.15, 0.2) is 6.29 Å². The summed E-state index contributed by atoms with van der Waals surface area (Å²) in [5.74, 6) is -0.0379. The molecule has 1 aliphatic heterocycles. The SMILES string of the molecule is Cc1ncc(CO)c(CO)c1O.N[C@H]1C(O)O[C@H](CO)[C@@H](O)[C@@H]1O. The summed E-state index contributed by atoms with van der Waals surface area (Å²) >= 11 is 0. The molecule has 1 fully saturated rings. The molecule has 1 aromatic rings. The van der Waals surface area contributed by atoms with Gasteiger partial charge in [0.2, 0.25) is 0 Å². The van der Waals surface area contributed by atoms with E-state index in [1.165, 1.54) is 6.20 Å². The quantitative estimate of drug-likeness (QED) is 0.276. The fraction of sp³-hybridized carbons (Fsp3) is 0.643. The lowest BCUT2D eigenvalue weighted by atomic mass is 9.98. The molecule has 0 radical (unpaired) electrons. The third kappa shape index (κ3) is 4.59. The van der Waals surface area contributed by atoms with Gasteiger partial charge in [0.05, 0.1) is 31.6 Å². The number of rotatable bonds is 3. The Hall–Kier alpha value is -1.37. The van der Waals surface area contributed by atoms with E-state index in [9.17, 15) is 15.3 Å². The number of hydrogen-bond acceptors (Lipinski definition) is 10. The minimum absolute atomic E-state index is 0.0379. The second-order valence-electron chi connectivity index (χ2n) is 5.32. The van der Waals surface area contributed by atoms with Crippen molar-refractivity contribution in [3.05, 3.63) is 23.0 Å². The van der Waals surface area contributed by atoms with Crippen molar-refractivity contribution >= 4 is 0 Å². The minimum Gasteiger partial charge on any atom is -0.506 e. The van der Waals surface area contributed by atoms with Crippen molar-refractivity contribution in [3.8, 4) is 5.75 Å². The third-order valence-corrected chi connectivity index (χ3v) is 3.71. The van der Waals surface area contributed by atoms with E-state index < -0.39 is 37.3 Å². The Bertz CT molecular complexity index is 525. The normalized spacial score (nSPS) is 29.8. The van der Waals surface area contributed by atoms with E-state index in [4.69, 9.17) is 30.9 Å². The predicted molar refractivity (Wildman–Crippen MR) is 80.4 cm³/mol. The van der Waals surface area contributed by atoms with Gasteiger partial charge in [-0.2, -0.15) is 0 Å². The van der Waals surface area contributed by atoms with Gasteiger partial charge in [-0.25, -0.2) is 0 Å². The van der Waals surface area contributed by atoms with Crippen LogP contribution < -0.4 is 5.73 Å².